The number of fused-ring (bicyclic) bond motifs is 1. The zero-order valence-corrected chi connectivity index (χ0v) is 20.6. The smallest absolute Gasteiger partial charge is 1.00 e. The molecule has 2 aliphatic rings. The van der Waals surface area contributed by atoms with Crippen molar-refractivity contribution < 1.29 is 58.4 Å². The van der Waals surface area contributed by atoms with Gasteiger partial charge in [-0.25, -0.2) is 0 Å². The van der Waals surface area contributed by atoms with Gasteiger partial charge in [-0.15, -0.1) is 0 Å². The van der Waals surface area contributed by atoms with Crippen molar-refractivity contribution in [3.05, 3.63) is 19.4 Å². The molecule has 0 aromatic carbocycles. The fourth-order valence-corrected chi connectivity index (χ4v) is 10.1. The van der Waals surface area contributed by atoms with Crippen molar-refractivity contribution in [1.29, 1.82) is 0 Å². The van der Waals surface area contributed by atoms with Crippen LogP contribution in [0.1, 0.15) is 20.8 Å². The minimum atomic E-state index is -1.72. The molecular weight excluding hydrogens is 432 g/mol. The Morgan fingerprint density at radius 1 is 1.14 bits per heavy atom. The van der Waals surface area contributed by atoms with E-state index in [1.165, 1.54) is 44.1 Å². The normalized spacial score (nSPS) is 27.3. The van der Waals surface area contributed by atoms with Crippen molar-refractivity contribution in [2.24, 2.45) is 0 Å². The van der Waals surface area contributed by atoms with Crippen LogP contribution in [0.4, 0.5) is 0 Å². The molecule has 0 bridgehead atoms. The zero-order chi connectivity index (χ0) is 15.5. The van der Waals surface area contributed by atoms with E-state index in [1.54, 1.807) is 0 Å². The maximum atomic E-state index is 6.46. The van der Waals surface area contributed by atoms with E-state index >= 15 is 0 Å². The largest absolute Gasteiger partial charge is 1.00 e. The summed E-state index contributed by atoms with van der Waals surface area (Å²) in [4.78, 5) is 0. The van der Waals surface area contributed by atoms with E-state index in [-0.39, 0.29) is 36.5 Å². The van der Waals surface area contributed by atoms with Crippen LogP contribution in [0.2, 0.25) is 26.2 Å². The average Bonchev–Trinajstić information content (AvgIpc) is 2.77. The molecule has 1 fully saturated rings. The van der Waals surface area contributed by atoms with Gasteiger partial charge in [0.2, 0.25) is 0 Å². The summed E-state index contributed by atoms with van der Waals surface area (Å²) in [6.45, 7) is 15.7. The molecule has 125 valence electrons. The molecule has 2 atom stereocenters. The summed E-state index contributed by atoms with van der Waals surface area (Å²) in [5, 5.41) is 6.70. The number of hydrogen-bond donors (Lipinski definition) is 1. The summed E-state index contributed by atoms with van der Waals surface area (Å²) >= 11 is 1.47. The molecule has 8 heteroatoms. The standard InChI is InChI=1S/C14H26NO2Si2.2ClH.Zr/c1-14(2,3)15-12-10(17-18(5,6)7)9-11-13(12)19(11,8)16-4;;;/h10,15H,1-8H3;2*1H;/q;;;+2/p-2. The second kappa shape index (κ2) is 7.15. The second-order valence-electron chi connectivity index (χ2n) is 7.80. The van der Waals surface area contributed by atoms with E-state index in [9.17, 15) is 0 Å². The van der Waals surface area contributed by atoms with Crippen LogP contribution in [-0.2, 0) is 33.6 Å². The maximum Gasteiger partial charge on any atom is -1.00 e. The molecule has 1 N–H and O–H groups in total. The van der Waals surface area contributed by atoms with E-state index in [0.29, 0.717) is 0 Å². The first-order chi connectivity index (χ1) is 8.91. The molecule has 2 unspecified atom stereocenters. The topological polar surface area (TPSA) is 30.5 Å². The van der Waals surface area contributed by atoms with Crippen LogP contribution in [0, 0.1) is 0 Å². The molecule has 3 nitrogen and oxygen atoms in total. The minimum Gasteiger partial charge on any atom is -1.00 e. The Balaban J connectivity index is 0.00000220. The molecular formula is C14H26Cl2NO2Si2Zr. The van der Waals surface area contributed by atoms with Crippen LogP contribution in [0.25, 0.3) is 0 Å². The van der Waals surface area contributed by atoms with E-state index in [1.807, 2.05) is 7.11 Å². The average molecular weight is 459 g/mol. The molecule has 1 heterocycles. The number of allylic oxidation sites excluding steroid dienone is 2. The third kappa shape index (κ3) is 4.38. The second-order valence-corrected chi connectivity index (χ2v) is 17.1. The molecule has 2 rings (SSSR count). The van der Waals surface area contributed by atoms with Crippen LogP contribution in [0.3, 0.4) is 0 Å². The molecule has 0 spiro atoms. The quantitative estimate of drug-likeness (QED) is 0.455. The molecule has 0 saturated carbocycles. The molecule has 1 aliphatic heterocycles. The zero-order valence-electron chi connectivity index (χ0n) is 14.6. The molecule has 0 aromatic heterocycles. The van der Waals surface area contributed by atoms with E-state index in [0.717, 1.165) is 0 Å². The van der Waals surface area contributed by atoms with Gasteiger partial charge in [-0.2, -0.15) is 0 Å². The first kappa shape index (κ1) is 23.1. The Bertz CT molecular complexity index is 512. The number of rotatable bonds is 4. The van der Waals surface area contributed by atoms with Gasteiger partial charge in [-0.3, -0.25) is 0 Å². The Labute approximate surface area is 164 Å². The molecule has 0 amide bonds. The van der Waals surface area contributed by atoms with Crippen molar-refractivity contribution in [2.75, 3.05) is 7.11 Å². The van der Waals surface area contributed by atoms with E-state index < -0.39 is 16.6 Å². The van der Waals surface area contributed by atoms with Crippen molar-refractivity contribution in [3.63, 3.8) is 0 Å². The number of halogens is 2. The molecule has 1 saturated heterocycles. The van der Waals surface area contributed by atoms with Crippen LogP contribution in [-0.4, -0.2) is 35.4 Å². The third-order valence-corrected chi connectivity index (χ3v) is 9.92. The van der Waals surface area contributed by atoms with Crippen LogP contribution in [0.15, 0.2) is 19.4 Å². The Hall–Kier alpha value is 1.10. The SMILES string of the molecule is CO[Si]1(C)C2=[C]([Zr+2])C(O[Si](C)(C)C)C(NC(C)(C)C)=C21.[Cl-].[Cl-]. The van der Waals surface area contributed by atoms with Crippen molar-refractivity contribution in [3.8, 4) is 0 Å². The van der Waals surface area contributed by atoms with Crippen LogP contribution >= 0.6 is 0 Å². The number of hydrogen-bond acceptors (Lipinski definition) is 3. The predicted octanol–water partition coefficient (Wildman–Crippen LogP) is -3.02. The first-order valence-corrected chi connectivity index (χ1v) is 14.2. The summed E-state index contributed by atoms with van der Waals surface area (Å²) < 4.78 is 13.8. The minimum absolute atomic E-state index is 0. The summed E-state index contributed by atoms with van der Waals surface area (Å²) in [6.07, 6.45) is 0.166. The van der Waals surface area contributed by atoms with Gasteiger partial charge >= 0.3 is 141 Å². The summed E-state index contributed by atoms with van der Waals surface area (Å²) in [7, 11) is -1.42. The van der Waals surface area contributed by atoms with Gasteiger partial charge in [0.15, 0.2) is 0 Å². The summed E-state index contributed by atoms with van der Waals surface area (Å²) in [6, 6.07) is 0. The predicted molar refractivity (Wildman–Crippen MR) is 83.8 cm³/mol. The van der Waals surface area contributed by atoms with Crippen molar-refractivity contribution in [1.82, 2.24) is 5.32 Å². The van der Waals surface area contributed by atoms with Gasteiger partial charge in [0.05, 0.1) is 0 Å². The molecule has 22 heavy (non-hydrogen) atoms. The molecule has 0 radical (unpaired) electrons. The Kier molecular flexibility index (Phi) is 7.50. The molecule has 1 aliphatic carbocycles. The van der Waals surface area contributed by atoms with Crippen molar-refractivity contribution in [2.45, 2.75) is 58.6 Å². The maximum absolute atomic E-state index is 6.46. The van der Waals surface area contributed by atoms with Crippen LogP contribution < -0.4 is 30.1 Å². The monoisotopic (exact) mass is 456 g/mol. The van der Waals surface area contributed by atoms with Gasteiger partial charge in [-0.05, 0) is 0 Å². The Morgan fingerprint density at radius 3 is 2.00 bits per heavy atom. The third-order valence-electron chi connectivity index (χ3n) is 3.59. The molecule has 0 aromatic rings. The van der Waals surface area contributed by atoms with E-state index in [4.69, 9.17) is 8.85 Å². The fraction of sp³-hybridized carbons (Fsp3) is 0.714. The summed E-state index contributed by atoms with van der Waals surface area (Å²) in [5.41, 5.74) is 1.36. The van der Waals surface area contributed by atoms with Gasteiger partial charge in [0.1, 0.15) is 0 Å². The van der Waals surface area contributed by atoms with Crippen molar-refractivity contribution >= 4 is 16.6 Å². The van der Waals surface area contributed by atoms with E-state index in [2.05, 4.69) is 52.3 Å². The first-order valence-electron chi connectivity index (χ1n) is 7.13. The Morgan fingerprint density at radius 2 is 1.64 bits per heavy atom. The van der Waals surface area contributed by atoms with Crippen LogP contribution in [0.5, 0.6) is 0 Å². The van der Waals surface area contributed by atoms with Gasteiger partial charge in [0.25, 0.3) is 0 Å². The number of nitrogens with one attached hydrogen (secondary N) is 1. The summed E-state index contributed by atoms with van der Waals surface area (Å²) in [5.74, 6) is 0. The van der Waals surface area contributed by atoms with Gasteiger partial charge in [-0.1, -0.05) is 0 Å². The van der Waals surface area contributed by atoms with Gasteiger partial charge < -0.3 is 24.8 Å². The fourth-order valence-electron chi connectivity index (χ4n) is 2.76. The van der Waals surface area contributed by atoms with Gasteiger partial charge in [0, 0.05) is 0 Å².